The molecule has 0 spiro atoms. The Balaban J connectivity index is 1.40. The maximum Gasteiger partial charge on any atom is 0.163 e. The number of anilines is 1. The second-order valence-corrected chi connectivity index (χ2v) is 9.05. The van der Waals surface area contributed by atoms with Crippen LogP contribution in [0.2, 0.25) is 0 Å². The first-order chi connectivity index (χ1) is 18.2. The Labute approximate surface area is 218 Å². The third-order valence-electron chi connectivity index (χ3n) is 6.82. The maximum absolute atomic E-state index is 5.60. The molecule has 0 atom stereocenters. The molecule has 5 rings (SSSR count). The summed E-state index contributed by atoms with van der Waals surface area (Å²) in [4.78, 5) is 11.9. The molecule has 7 nitrogen and oxygen atoms in total. The second kappa shape index (κ2) is 11.5. The average Bonchev–Trinajstić information content (AvgIpc) is 2.96. The maximum atomic E-state index is 5.60. The van der Waals surface area contributed by atoms with Gasteiger partial charge in [-0.05, 0) is 60.2 Å². The van der Waals surface area contributed by atoms with Crippen molar-refractivity contribution in [3.63, 3.8) is 0 Å². The van der Waals surface area contributed by atoms with Gasteiger partial charge in [0.15, 0.2) is 11.5 Å². The fourth-order valence-corrected chi connectivity index (χ4v) is 4.93. The number of fused-ring (bicyclic) bond motifs is 1. The first-order valence-electron chi connectivity index (χ1n) is 12.7. The molecule has 3 aromatic carbocycles. The van der Waals surface area contributed by atoms with Crippen LogP contribution >= 0.6 is 0 Å². The van der Waals surface area contributed by atoms with Gasteiger partial charge in [0, 0.05) is 42.3 Å². The molecule has 1 saturated heterocycles. The van der Waals surface area contributed by atoms with Gasteiger partial charge < -0.3 is 23.8 Å². The number of aromatic nitrogens is 2. The molecule has 0 unspecified atom stereocenters. The number of hydrogen-bond donors (Lipinski definition) is 0. The number of methoxy groups -OCH3 is 3. The Morgan fingerprint density at radius 3 is 2.54 bits per heavy atom. The van der Waals surface area contributed by atoms with E-state index in [1.54, 1.807) is 21.3 Å². The van der Waals surface area contributed by atoms with Gasteiger partial charge in [-0.25, -0.2) is 9.97 Å². The van der Waals surface area contributed by atoms with Crippen molar-refractivity contribution in [3.05, 3.63) is 72.2 Å². The molecular weight excluding hydrogens is 466 g/mol. The number of aryl methyl sites for hydroxylation is 2. The summed E-state index contributed by atoms with van der Waals surface area (Å²) in [5.74, 6) is 3.24. The predicted octanol–water partition coefficient (Wildman–Crippen LogP) is 5.33. The number of ether oxygens (including phenoxy) is 4. The summed E-state index contributed by atoms with van der Waals surface area (Å²) in [5.41, 5.74) is 4.31. The van der Waals surface area contributed by atoms with Gasteiger partial charge in [0.1, 0.15) is 11.6 Å². The summed E-state index contributed by atoms with van der Waals surface area (Å²) in [7, 11) is 5.05. The number of morpholine rings is 1. The first-order valence-corrected chi connectivity index (χ1v) is 12.7. The van der Waals surface area contributed by atoms with E-state index >= 15 is 0 Å². The number of nitrogens with zero attached hydrogens (tertiary/aromatic N) is 3. The molecule has 1 aromatic heterocycles. The van der Waals surface area contributed by atoms with Gasteiger partial charge in [0.25, 0.3) is 0 Å². The zero-order valence-corrected chi connectivity index (χ0v) is 21.7. The summed E-state index contributed by atoms with van der Waals surface area (Å²) in [5, 5.41) is 2.33. The molecule has 4 aromatic rings. The molecule has 1 aliphatic heterocycles. The molecule has 7 heteroatoms. The van der Waals surface area contributed by atoms with Crippen LogP contribution in [0.5, 0.6) is 17.2 Å². The lowest BCUT2D eigenvalue weighted by molar-refractivity contribution is 0.123. The minimum absolute atomic E-state index is 0.728. The topological polar surface area (TPSA) is 65.9 Å². The smallest absolute Gasteiger partial charge is 0.163 e. The minimum Gasteiger partial charge on any atom is -0.497 e. The van der Waals surface area contributed by atoms with Crippen molar-refractivity contribution in [2.45, 2.75) is 19.3 Å². The van der Waals surface area contributed by atoms with E-state index < -0.39 is 0 Å². The van der Waals surface area contributed by atoms with E-state index in [2.05, 4.69) is 40.2 Å². The lowest BCUT2D eigenvalue weighted by Gasteiger charge is -2.30. The Morgan fingerprint density at radius 1 is 0.892 bits per heavy atom. The molecule has 2 heterocycles. The second-order valence-electron chi connectivity index (χ2n) is 9.05. The van der Waals surface area contributed by atoms with Crippen LogP contribution in [0.15, 0.2) is 60.8 Å². The van der Waals surface area contributed by atoms with Gasteiger partial charge in [-0.1, -0.05) is 18.2 Å². The van der Waals surface area contributed by atoms with Crippen LogP contribution < -0.4 is 19.1 Å². The van der Waals surface area contributed by atoms with Crippen LogP contribution in [0.4, 0.5) is 5.69 Å². The van der Waals surface area contributed by atoms with Crippen molar-refractivity contribution < 1.29 is 18.9 Å². The molecule has 1 fully saturated rings. The molecule has 0 N–H and O–H groups in total. The molecule has 0 saturated carbocycles. The van der Waals surface area contributed by atoms with Crippen molar-refractivity contribution in [2.75, 3.05) is 52.5 Å². The first kappa shape index (κ1) is 24.8. The monoisotopic (exact) mass is 499 g/mol. The average molecular weight is 500 g/mol. The summed E-state index contributed by atoms with van der Waals surface area (Å²) in [6.07, 6.45) is 4.39. The molecule has 192 valence electrons. The van der Waals surface area contributed by atoms with E-state index in [0.29, 0.717) is 0 Å². The number of benzene rings is 3. The molecule has 0 aliphatic carbocycles. The standard InChI is InChI=1S/C30H33N3O4/c1-34-24-11-10-22-18-23(19-27(25(22)20-24)33-14-16-37-17-15-33)26-12-13-31-29(32-26)9-5-7-21-6-4-8-28(35-2)30(21)36-3/h4,6,8,10-13,18-20H,5,7,9,14-17H2,1-3H3. The summed E-state index contributed by atoms with van der Waals surface area (Å²) >= 11 is 0. The minimum atomic E-state index is 0.728. The highest BCUT2D eigenvalue weighted by Crippen LogP contribution is 2.35. The zero-order valence-electron chi connectivity index (χ0n) is 21.7. The van der Waals surface area contributed by atoms with E-state index in [0.717, 1.165) is 90.8 Å². The van der Waals surface area contributed by atoms with E-state index in [9.17, 15) is 0 Å². The lowest BCUT2D eigenvalue weighted by Crippen LogP contribution is -2.36. The van der Waals surface area contributed by atoms with E-state index in [1.807, 2.05) is 30.5 Å². The van der Waals surface area contributed by atoms with Gasteiger partial charge in [0.05, 0.1) is 40.2 Å². The van der Waals surface area contributed by atoms with Crippen LogP contribution in [-0.2, 0) is 17.6 Å². The molecule has 0 amide bonds. The SMILES string of the molecule is COc1ccc2cc(-c3ccnc(CCCc4cccc(OC)c4OC)n3)cc(N3CCOCC3)c2c1. The van der Waals surface area contributed by atoms with Crippen molar-refractivity contribution in [3.8, 4) is 28.5 Å². The van der Waals surface area contributed by atoms with E-state index in [1.165, 1.54) is 11.1 Å². The Bertz CT molecular complexity index is 1370. The quantitative estimate of drug-likeness (QED) is 0.308. The highest BCUT2D eigenvalue weighted by molar-refractivity contribution is 5.98. The molecule has 1 aliphatic rings. The van der Waals surface area contributed by atoms with E-state index in [-0.39, 0.29) is 0 Å². The molecule has 37 heavy (non-hydrogen) atoms. The summed E-state index contributed by atoms with van der Waals surface area (Å²) in [6.45, 7) is 3.17. The highest BCUT2D eigenvalue weighted by atomic mass is 16.5. The predicted molar refractivity (Wildman–Crippen MR) is 146 cm³/mol. The van der Waals surface area contributed by atoms with Gasteiger partial charge >= 0.3 is 0 Å². The fraction of sp³-hybridized carbons (Fsp3) is 0.333. The van der Waals surface area contributed by atoms with Gasteiger partial charge in [-0.15, -0.1) is 0 Å². The van der Waals surface area contributed by atoms with Crippen LogP contribution in [0.25, 0.3) is 22.0 Å². The normalized spacial score (nSPS) is 13.5. The van der Waals surface area contributed by atoms with Gasteiger partial charge in [-0.3, -0.25) is 0 Å². The van der Waals surface area contributed by atoms with Crippen LogP contribution in [-0.4, -0.2) is 57.6 Å². The van der Waals surface area contributed by atoms with Gasteiger partial charge in [0.2, 0.25) is 0 Å². The van der Waals surface area contributed by atoms with Crippen molar-refractivity contribution in [1.82, 2.24) is 9.97 Å². The Morgan fingerprint density at radius 2 is 1.76 bits per heavy atom. The third kappa shape index (κ3) is 5.47. The largest absolute Gasteiger partial charge is 0.497 e. The number of hydrogen-bond acceptors (Lipinski definition) is 7. The number of rotatable bonds is 9. The van der Waals surface area contributed by atoms with Crippen LogP contribution in [0.3, 0.4) is 0 Å². The summed E-state index contributed by atoms with van der Waals surface area (Å²) in [6, 6.07) is 18.7. The van der Waals surface area contributed by atoms with Crippen LogP contribution in [0, 0.1) is 0 Å². The van der Waals surface area contributed by atoms with Crippen molar-refractivity contribution in [1.29, 1.82) is 0 Å². The third-order valence-corrected chi connectivity index (χ3v) is 6.82. The molecule has 0 bridgehead atoms. The van der Waals surface area contributed by atoms with E-state index in [4.69, 9.17) is 23.9 Å². The molecule has 0 radical (unpaired) electrons. The van der Waals surface area contributed by atoms with Crippen molar-refractivity contribution in [2.24, 2.45) is 0 Å². The zero-order chi connectivity index (χ0) is 25.6. The van der Waals surface area contributed by atoms with Gasteiger partial charge in [-0.2, -0.15) is 0 Å². The summed E-state index contributed by atoms with van der Waals surface area (Å²) < 4.78 is 22.1. The van der Waals surface area contributed by atoms with Crippen molar-refractivity contribution >= 4 is 16.5 Å². The Hall–Kier alpha value is -3.84. The Kier molecular flexibility index (Phi) is 7.70. The molecular formula is C30H33N3O4. The van der Waals surface area contributed by atoms with Crippen LogP contribution in [0.1, 0.15) is 17.8 Å². The highest BCUT2D eigenvalue weighted by Gasteiger charge is 2.17. The fourth-order valence-electron chi connectivity index (χ4n) is 4.93. The lowest BCUT2D eigenvalue weighted by atomic mass is 10.0. The number of para-hydroxylation sites is 1.